The summed E-state index contributed by atoms with van der Waals surface area (Å²) in [5.74, 6) is 1.36. The second-order valence-electron chi connectivity index (χ2n) is 7.24. The van der Waals surface area contributed by atoms with Gasteiger partial charge in [-0.05, 0) is 48.5 Å². The molecule has 0 saturated heterocycles. The lowest BCUT2D eigenvalue weighted by atomic mass is 10.2. The molecule has 3 heterocycles. The molecule has 170 valence electrons. The number of rotatable bonds is 7. The number of benzene rings is 2. The standard InChI is InChI=1S/C24H20N6O2S2/c1-32-17-11-9-15(10-12-17)27-19(31)14-33-24-29-28-22(30(24)16-6-3-2-4-7-16)21-20(25)18-8-5-13-26-23(18)34-21/h2-13H,14,25H2,1H3,(H,27,31). The molecule has 0 unspecified atom stereocenters. The summed E-state index contributed by atoms with van der Waals surface area (Å²) in [6.07, 6.45) is 1.74. The second kappa shape index (κ2) is 9.54. The van der Waals surface area contributed by atoms with Gasteiger partial charge in [0.2, 0.25) is 5.91 Å². The van der Waals surface area contributed by atoms with E-state index >= 15 is 0 Å². The largest absolute Gasteiger partial charge is 0.497 e. The summed E-state index contributed by atoms with van der Waals surface area (Å²) in [7, 11) is 1.60. The van der Waals surface area contributed by atoms with Crippen molar-refractivity contribution in [1.82, 2.24) is 19.7 Å². The summed E-state index contributed by atoms with van der Waals surface area (Å²) in [5, 5.41) is 13.2. The maximum atomic E-state index is 12.6. The normalized spacial score (nSPS) is 11.0. The van der Waals surface area contributed by atoms with Crippen molar-refractivity contribution < 1.29 is 9.53 Å². The number of nitrogens with one attached hydrogen (secondary N) is 1. The molecule has 1 amide bonds. The van der Waals surface area contributed by atoms with Gasteiger partial charge in [-0.25, -0.2) is 4.98 Å². The van der Waals surface area contributed by atoms with E-state index in [9.17, 15) is 4.79 Å². The van der Waals surface area contributed by atoms with Crippen molar-refractivity contribution in [2.45, 2.75) is 5.16 Å². The van der Waals surface area contributed by atoms with Crippen molar-refractivity contribution >= 4 is 50.6 Å². The molecule has 8 nitrogen and oxygen atoms in total. The topological polar surface area (TPSA) is 108 Å². The first-order valence-electron chi connectivity index (χ1n) is 10.3. The van der Waals surface area contributed by atoms with Crippen molar-refractivity contribution in [3.8, 4) is 22.1 Å². The fourth-order valence-electron chi connectivity index (χ4n) is 3.44. The van der Waals surface area contributed by atoms with Gasteiger partial charge in [0.25, 0.3) is 0 Å². The lowest BCUT2D eigenvalue weighted by Gasteiger charge is -2.10. The molecule has 0 fully saturated rings. The van der Waals surface area contributed by atoms with Crippen LogP contribution in [0.1, 0.15) is 0 Å². The first kappa shape index (κ1) is 21.9. The van der Waals surface area contributed by atoms with Crippen molar-refractivity contribution in [3.63, 3.8) is 0 Å². The number of para-hydroxylation sites is 1. The van der Waals surface area contributed by atoms with Gasteiger partial charge in [-0.3, -0.25) is 9.36 Å². The third-order valence-electron chi connectivity index (χ3n) is 5.06. The molecule has 2 aromatic carbocycles. The Balaban J connectivity index is 1.44. The summed E-state index contributed by atoms with van der Waals surface area (Å²) in [6.45, 7) is 0. The number of aromatic nitrogens is 4. The van der Waals surface area contributed by atoms with E-state index in [0.717, 1.165) is 26.5 Å². The van der Waals surface area contributed by atoms with Crippen LogP contribution in [0.5, 0.6) is 5.75 Å². The Labute approximate surface area is 203 Å². The van der Waals surface area contributed by atoms with Gasteiger partial charge >= 0.3 is 0 Å². The summed E-state index contributed by atoms with van der Waals surface area (Å²) in [6, 6.07) is 20.8. The third kappa shape index (κ3) is 4.33. The molecule has 0 atom stereocenters. The van der Waals surface area contributed by atoms with E-state index in [1.54, 1.807) is 37.6 Å². The van der Waals surface area contributed by atoms with Crippen LogP contribution in [0.15, 0.2) is 78.1 Å². The Morgan fingerprint density at radius 1 is 1.09 bits per heavy atom. The van der Waals surface area contributed by atoms with Crippen LogP contribution in [0.2, 0.25) is 0 Å². The number of anilines is 2. The number of fused-ring (bicyclic) bond motifs is 1. The zero-order valence-electron chi connectivity index (χ0n) is 18.1. The van der Waals surface area contributed by atoms with E-state index in [4.69, 9.17) is 10.5 Å². The molecular weight excluding hydrogens is 468 g/mol. The Morgan fingerprint density at radius 3 is 2.62 bits per heavy atom. The number of hydrogen-bond acceptors (Lipinski definition) is 8. The lowest BCUT2D eigenvalue weighted by Crippen LogP contribution is -2.14. The van der Waals surface area contributed by atoms with Gasteiger partial charge in [0.1, 0.15) is 10.6 Å². The number of carbonyl (C=O) groups excluding carboxylic acids is 1. The number of nitrogens with zero attached hydrogens (tertiary/aromatic N) is 4. The van der Waals surface area contributed by atoms with Gasteiger partial charge in [-0.1, -0.05) is 30.0 Å². The summed E-state index contributed by atoms with van der Waals surface area (Å²) >= 11 is 2.78. The molecule has 5 aromatic rings. The van der Waals surface area contributed by atoms with Gasteiger partial charge in [0, 0.05) is 23.0 Å². The quantitative estimate of drug-likeness (QED) is 0.315. The van der Waals surface area contributed by atoms with Crippen LogP contribution in [0, 0.1) is 0 Å². The van der Waals surface area contributed by atoms with Crippen LogP contribution in [-0.2, 0) is 4.79 Å². The Morgan fingerprint density at radius 2 is 1.88 bits per heavy atom. The molecule has 34 heavy (non-hydrogen) atoms. The maximum Gasteiger partial charge on any atom is 0.234 e. The zero-order valence-corrected chi connectivity index (χ0v) is 19.8. The summed E-state index contributed by atoms with van der Waals surface area (Å²) < 4.78 is 7.08. The number of thioether (sulfide) groups is 1. The van der Waals surface area contributed by atoms with Crippen LogP contribution >= 0.6 is 23.1 Å². The minimum Gasteiger partial charge on any atom is -0.497 e. The Hall–Kier alpha value is -3.89. The molecule has 10 heteroatoms. The Kier molecular flexibility index (Phi) is 6.15. The van der Waals surface area contributed by atoms with Crippen molar-refractivity contribution in [3.05, 3.63) is 72.9 Å². The molecule has 0 bridgehead atoms. The maximum absolute atomic E-state index is 12.6. The molecule has 0 aliphatic carbocycles. The predicted octanol–water partition coefficient (Wildman–Crippen LogP) is 4.87. The highest BCUT2D eigenvalue weighted by molar-refractivity contribution is 7.99. The molecule has 0 aliphatic rings. The van der Waals surface area contributed by atoms with Crippen LogP contribution in [0.3, 0.4) is 0 Å². The number of nitrogens with two attached hydrogens (primary N) is 1. The minimum absolute atomic E-state index is 0.148. The first-order valence-corrected chi connectivity index (χ1v) is 12.1. The average Bonchev–Trinajstić information content (AvgIpc) is 3.44. The number of ether oxygens (including phenoxy) is 1. The van der Waals surface area contributed by atoms with Crippen LogP contribution in [-0.4, -0.2) is 38.5 Å². The molecule has 3 N–H and O–H groups in total. The third-order valence-corrected chi connectivity index (χ3v) is 7.12. The number of nitrogen functional groups attached to an aromatic ring is 1. The van der Waals surface area contributed by atoms with Crippen LogP contribution in [0.25, 0.3) is 26.6 Å². The van der Waals surface area contributed by atoms with Crippen molar-refractivity contribution in [1.29, 1.82) is 0 Å². The molecule has 3 aromatic heterocycles. The highest BCUT2D eigenvalue weighted by Crippen LogP contribution is 2.40. The van der Waals surface area contributed by atoms with E-state index in [-0.39, 0.29) is 11.7 Å². The minimum atomic E-state index is -0.148. The first-order chi connectivity index (χ1) is 16.6. The molecular formula is C24H20N6O2S2. The van der Waals surface area contributed by atoms with Gasteiger partial charge < -0.3 is 15.8 Å². The number of amides is 1. The molecule has 0 radical (unpaired) electrons. The van der Waals surface area contributed by atoms with Crippen LogP contribution in [0.4, 0.5) is 11.4 Å². The summed E-state index contributed by atoms with van der Waals surface area (Å²) in [4.78, 5) is 18.6. The molecule has 5 rings (SSSR count). The van der Waals surface area contributed by atoms with Crippen LogP contribution < -0.4 is 15.8 Å². The van der Waals surface area contributed by atoms with Gasteiger partial charge in [-0.2, -0.15) is 0 Å². The average molecular weight is 489 g/mol. The number of methoxy groups -OCH3 is 1. The lowest BCUT2D eigenvalue weighted by molar-refractivity contribution is -0.113. The van der Waals surface area contributed by atoms with E-state index < -0.39 is 0 Å². The van der Waals surface area contributed by atoms with E-state index in [1.807, 2.05) is 47.0 Å². The van der Waals surface area contributed by atoms with Gasteiger partial charge in [0.05, 0.1) is 23.4 Å². The van der Waals surface area contributed by atoms with E-state index in [0.29, 0.717) is 22.4 Å². The number of hydrogen-bond donors (Lipinski definition) is 2. The Bertz CT molecular complexity index is 1450. The zero-order chi connectivity index (χ0) is 23.5. The number of pyridine rings is 1. The predicted molar refractivity (Wildman–Crippen MR) is 137 cm³/mol. The van der Waals surface area contributed by atoms with E-state index in [1.165, 1.54) is 23.1 Å². The van der Waals surface area contributed by atoms with Crippen molar-refractivity contribution in [2.24, 2.45) is 0 Å². The fraction of sp³-hybridized carbons (Fsp3) is 0.0833. The van der Waals surface area contributed by atoms with E-state index in [2.05, 4.69) is 20.5 Å². The molecule has 0 saturated carbocycles. The monoisotopic (exact) mass is 488 g/mol. The highest BCUT2D eigenvalue weighted by atomic mass is 32.2. The second-order valence-corrected chi connectivity index (χ2v) is 9.19. The van der Waals surface area contributed by atoms with Crippen molar-refractivity contribution in [2.75, 3.05) is 23.9 Å². The number of carbonyl (C=O) groups is 1. The number of thiophene rings is 1. The fourth-order valence-corrected chi connectivity index (χ4v) is 5.23. The van der Waals surface area contributed by atoms with Gasteiger partial charge in [-0.15, -0.1) is 21.5 Å². The molecule has 0 aliphatic heterocycles. The van der Waals surface area contributed by atoms with Gasteiger partial charge in [0.15, 0.2) is 11.0 Å². The molecule has 0 spiro atoms. The SMILES string of the molecule is COc1ccc(NC(=O)CSc2nnc(-c3sc4ncccc4c3N)n2-c2ccccc2)cc1. The highest BCUT2D eigenvalue weighted by Gasteiger charge is 2.22. The smallest absolute Gasteiger partial charge is 0.234 e. The summed E-state index contributed by atoms with van der Waals surface area (Å²) in [5.41, 5.74) is 8.66.